The van der Waals surface area contributed by atoms with Crippen LogP contribution in [0.25, 0.3) is 0 Å². The molecular weight excluding hydrogens is 340 g/mol. The molecule has 2 N–H and O–H groups in total. The van der Waals surface area contributed by atoms with Gasteiger partial charge in [-0.1, -0.05) is 11.6 Å². The molecule has 0 unspecified atom stereocenters. The highest BCUT2D eigenvalue weighted by molar-refractivity contribution is 6.30. The number of amides is 2. The van der Waals surface area contributed by atoms with Crippen LogP contribution >= 0.6 is 11.6 Å². The molecule has 3 rings (SSSR count). The topological polar surface area (TPSA) is 67.4 Å². The van der Waals surface area contributed by atoms with Crippen LogP contribution in [-0.2, 0) is 0 Å². The van der Waals surface area contributed by atoms with E-state index in [0.717, 1.165) is 18.6 Å². The number of nitrogens with one attached hydrogen (secondary N) is 2. The number of carbonyl (C=O) groups excluding carboxylic acids is 2. The predicted octanol–water partition coefficient (Wildman–Crippen LogP) is 3.74. The molecule has 1 fully saturated rings. The molecule has 0 saturated heterocycles. The Morgan fingerprint density at radius 1 is 0.840 bits per heavy atom. The smallest absolute Gasteiger partial charge is 0.269 e. The summed E-state index contributed by atoms with van der Waals surface area (Å²) in [5.74, 6) is -0.0467. The summed E-state index contributed by atoms with van der Waals surface area (Å²) in [6.45, 7) is 0. The molecule has 0 bridgehead atoms. The van der Waals surface area contributed by atoms with Crippen molar-refractivity contribution in [2.75, 3.05) is 0 Å². The molecule has 0 radical (unpaired) electrons. The van der Waals surface area contributed by atoms with Crippen LogP contribution in [0.1, 0.15) is 46.4 Å². The Hall–Kier alpha value is -2.53. The lowest BCUT2D eigenvalue weighted by Crippen LogP contribution is -2.41. The van der Waals surface area contributed by atoms with E-state index in [1.54, 1.807) is 48.5 Å². The molecular formula is C19H19ClN2O3. The maximum Gasteiger partial charge on any atom is 0.269 e. The summed E-state index contributed by atoms with van der Waals surface area (Å²) in [5, 5.41) is 0.542. The van der Waals surface area contributed by atoms with Gasteiger partial charge in [-0.3, -0.25) is 20.4 Å². The zero-order chi connectivity index (χ0) is 17.6. The van der Waals surface area contributed by atoms with Crippen molar-refractivity contribution in [2.45, 2.75) is 31.8 Å². The number of rotatable bonds is 4. The van der Waals surface area contributed by atoms with Gasteiger partial charge in [0, 0.05) is 16.1 Å². The molecule has 1 aliphatic rings. The van der Waals surface area contributed by atoms with Gasteiger partial charge in [0.05, 0.1) is 6.10 Å². The third kappa shape index (κ3) is 4.73. The summed E-state index contributed by atoms with van der Waals surface area (Å²) < 4.78 is 5.86. The first-order chi connectivity index (χ1) is 12.1. The van der Waals surface area contributed by atoms with Crippen LogP contribution in [0.2, 0.25) is 5.02 Å². The van der Waals surface area contributed by atoms with Gasteiger partial charge in [0.2, 0.25) is 0 Å². The molecule has 0 aliphatic heterocycles. The van der Waals surface area contributed by atoms with Gasteiger partial charge in [-0.25, -0.2) is 0 Å². The summed E-state index contributed by atoms with van der Waals surface area (Å²) in [5.41, 5.74) is 5.62. The monoisotopic (exact) mass is 358 g/mol. The second-order valence-electron chi connectivity index (χ2n) is 5.96. The molecule has 5 nitrogen and oxygen atoms in total. The molecule has 6 heteroatoms. The molecule has 2 amide bonds. The minimum Gasteiger partial charge on any atom is -0.490 e. The van der Waals surface area contributed by atoms with Gasteiger partial charge < -0.3 is 4.74 Å². The number of halogens is 1. The van der Waals surface area contributed by atoms with E-state index in [9.17, 15) is 9.59 Å². The molecule has 0 spiro atoms. The second-order valence-corrected chi connectivity index (χ2v) is 6.40. The summed E-state index contributed by atoms with van der Waals surface area (Å²) in [6, 6.07) is 13.3. The number of hydrogen-bond donors (Lipinski definition) is 2. The fourth-order valence-electron chi connectivity index (χ4n) is 2.74. The van der Waals surface area contributed by atoms with Crippen molar-refractivity contribution < 1.29 is 14.3 Å². The van der Waals surface area contributed by atoms with Gasteiger partial charge in [0.25, 0.3) is 11.8 Å². The van der Waals surface area contributed by atoms with Crippen LogP contribution in [-0.4, -0.2) is 17.9 Å². The van der Waals surface area contributed by atoms with E-state index in [0.29, 0.717) is 16.1 Å². The van der Waals surface area contributed by atoms with Crippen LogP contribution in [0.4, 0.5) is 0 Å². The third-order valence-corrected chi connectivity index (χ3v) is 4.37. The Labute approximate surface area is 151 Å². The second kappa shape index (κ2) is 8.03. The average Bonchev–Trinajstić information content (AvgIpc) is 3.13. The van der Waals surface area contributed by atoms with Gasteiger partial charge in [0.1, 0.15) is 5.75 Å². The van der Waals surface area contributed by atoms with Crippen molar-refractivity contribution >= 4 is 23.4 Å². The number of hydrogen-bond acceptors (Lipinski definition) is 3. The largest absolute Gasteiger partial charge is 0.490 e. The molecule has 25 heavy (non-hydrogen) atoms. The fourth-order valence-corrected chi connectivity index (χ4v) is 2.87. The van der Waals surface area contributed by atoms with E-state index in [-0.39, 0.29) is 6.10 Å². The molecule has 130 valence electrons. The van der Waals surface area contributed by atoms with Gasteiger partial charge in [-0.05, 0) is 74.2 Å². The van der Waals surface area contributed by atoms with E-state index < -0.39 is 11.8 Å². The van der Waals surface area contributed by atoms with Crippen molar-refractivity contribution in [2.24, 2.45) is 0 Å². The van der Waals surface area contributed by atoms with Crippen LogP contribution in [0.3, 0.4) is 0 Å². The van der Waals surface area contributed by atoms with E-state index in [1.807, 2.05) is 0 Å². The number of ether oxygens (including phenoxy) is 1. The maximum atomic E-state index is 12.1. The van der Waals surface area contributed by atoms with Gasteiger partial charge in [-0.15, -0.1) is 0 Å². The molecule has 2 aromatic rings. The van der Waals surface area contributed by atoms with Crippen molar-refractivity contribution in [3.8, 4) is 5.75 Å². The highest BCUT2D eigenvalue weighted by atomic mass is 35.5. The van der Waals surface area contributed by atoms with Crippen molar-refractivity contribution in [1.29, 1.82) is 0 Å². The van der Waals surface area contributed by atoms with Crippen molar-refractivity contribution in [3.63, 3.8) is 0 Å². The van der Waals surface area contributed by atoms with Gasteiger partial charge >= 0.3 is 0 Å². The normalized spacial score (nSPS) is 14.1. The van der Waals surface area contributed by atoms with Crippen LogP contribution in [0.15, 0.2) is 48.5 Å². The van der Waals surface area contributed by atoms with Crippen LogP contribution < -0.4 is 15.6 Å². The lowest BCUT2D eigenvalue weighted by Gasteiger charge is -2.13. The lowest BCUT2D eigenvalue weighted by molar-refractivity contribution is 0.0846. The highest BCUT2D eigenvalue weighted by Crippen LogP contribution is 2.24. The average molecular weight is 359 g/mol. The lowest BCUT2D eigenvalue weighted by atomic mass is 10.2. The predicted molar refractivity (Wildman–Crippen MR) is 95.7 cm³/mol. The number of benzene rings is 2. The molecule has 0 atom stereocenters. The van der Waals surface area contributed by atoms with E-state index in [2.05, 4.69) is 10.9 Å². The van der Waals surface area contributed by atoms with Gasteiger partial charge in [0.15, 0.2) is 0 Å². The summed E-state index contributed by atoms with van der Waals surface area (Å²) in [6.07, 6.45) is 4.85. The SMILES string of the molecule is O=C(NNC(=O)c1ccc(OC2CCCC2)cc1)c1ccc(Cl)cc1. The Morgan fingerprint density at radius 2 is 1.32 bits per heavy atom. The third-order valence-electron chi connectivity index (χ3n) is 4.12. The highest BCUT2D eigenvalue weighted by Gasteiger charge is 2.16. The zero-order valence-corrected chi connectivity index (χ0v) is 14.4. The molecule has 1 aliphatic carbocycles. The van der Waals surface area contributed by atoms with Crippen LogP contribution in [0, 0.1) is 0 Å². The Bertz CT molecular complexity index is 738. The van der Waals surface area contributed by atoms with E-state index >= 15 is 0 Å². The quantitative estimate of drug-likeness (QED) is 0.818. The first-order valence-electron chi connectivity index (χ1n) is 8.25. The minimum absolute atomic E-state index is 0.276. The molecule has 0 heterocycles. The molecule has 1 saturated carbocycles. The number of hydrazine groups is 1. The zero-order valence-electron chi connectivity index (χ0n) is 13.6. The van der Waals surface area contributed by atoms with Crippen molar-refractivity contribution in [1.82, 2.24) is 10.9 Å². The summed E-state index contributed by atoms with van der Waals surface area (Å²) in [7, 11) is 0. The van der Waals surface area contributed by atoms with Crippen molar-refractivity contribution in [3.05, 3.63) is 64.7 Å². The number of carbonyl (C=O) groups is 2. The summed E-state index contributed by atoms with van der Waals surface area (Å²) >= 11 is 5.78. The Morgan fingerprint density at radius 3 is 1.84 bits per heavy atom. The summed E-state index contributed by atoms with van der Waals surface area (Å²) in [4.78, 5) is 24.1. The van der Waals surface area contributed by atoms with Gasteiger partial charge in [-0.2, -0.15) is 0 Å². The molecule has 2 aromatic carbocycles. The van der Waals surface area contributed by atoms with Crippen LogP contribution in [0.5, 0.6) is 5.75 Å². The first kappa shape index (κ1) is 17.3. The first-order valence-corrected chi connectivity index (χ1v) is 8.62. The Kier molecular flexibility index (Phi) is 5.56. The fraction of sp³-hybridized carbons (Fsp3) is 0.263. The minimum atomic E-state index is -0.411. The van der Waals surface area contributed by atoms with E-state index in [4.69, 9.17) is 16.3 Å². The van der Waals surface area contributed by atoms with E-state index in [1.165, 1.54) is 12.8 Å². The standard InChI is InChI=1S/C19H19ClN2O3/c20-15-9-5-13(6-10-15)18(23)21-22-19(24)14-7-11-17(12-8-14)25-16-3-1-2-4-16/h5-12,16H,1-4H2,(H,21,23)(H,22,24). The maximum absolute atomic E-state index is 12.1. The Balaban J connectivity index is 1.52. The molecule has 0 aromatic heterocycles.